The Kier molecular flexibility index (Phi) is 5.86. The van der Waals surface area contributed by atoms with Crippen LogP contribution in [0.4, 0.5) is 0 Å². The summed E-state index contributed by atoms with van der Waals surface area (Å²) in [5.74, 6) is 0. The topological polar surface area (TPSA) is 20.2 Å². The van der Waals surface area contributed by atoms with Crippen molar-refractivity contribution in [2.75, 3.05) is 0 Å². The van der Waals surface area contributed by atoms with E-state index >= 15 is 0 Å². The maximum atomic E-state index is 9.02. The number of benzene rings is 1. The zero-order valence-electron chi connectivity index (χ0n) is 5.09. The molecule has 1 rings (SSSR count). The quantitative estimate of drug-likeness (QED) is 0.559. The van der Waals surface area contributed by atoms with Crippen LogP contribution in [0.15, 0.2) is 30.3 Å². The molecule has 0 spiro atoms. The Morgan fingerprint density at radius 3 is 1.82 bits per heavy atom. The Bertz CT molecular complexity index is 207. The molecule has 0 unspecified atom stereocenters. The minimum absolute atomic E-state index is 0. The summed E-state index contributed by atoms with van der Waals surface area (Å²) in [4.78, 5) is 0. The molecule has 11 heavy (non-hydrogen) atoms. The molecular formula is C7H7Cl2KO. The molecule has 0 radical (unpaired) electrons. The molecule has 0 saturated carbocycles. The van der Waals surface area contributed by atoms with E-state index in [4.69, 9.17) is 28.3 Å². The summed E-state index contributed by atoms with van der Waals surface area (Å²) in [6.45, 7) is 0. The van der Waals surface area contributed by atoms with Crippen LogP contribution in [0, 0.1) is 0 Å². The summed E-state index contributed by atoms with van der Waals surface area (Å²) in [7, 11) is 0. The molecule has 4 heteroatoms. The number of halogens is 2. The van der Waals surface area contributed by atoms with E-state index in [0.717, 1.165) is 0 Å². The number of hydrogen-bond acceptors (Lipinski definition) is 1. The van der Waals surface area contributed by atoms with Gasteiger partial charge in [-0.05, 0) is 0 Å². The zero-order chi connectivity index (χ0) is 7.61. The minimum atomic E-state index is -1.76. The van der Waals surface area contributed by atoms with E-state index < -0.39 is 4.52 Å². The molecule has 0 aliphatic heterocycles. The number of aliphatic hydroxyl groups is 1. The second kappa shape index (κ2) is 5.20. The molecular weight excluding hydrogens is 210 g/mol. The van der Waals surface area contributed by atoms with Gasteiger partial charge in [-0.25, -0.2) is 0 Å². The van der Waals surface area contributed by atoms with Crippen molar-refractivity contribution < 1.29 is 5.11 Å². The molecule has 1 aromatic rings. The molecule has 0 aliphatic rings. The summed E-state index contributed by atoms with van der Waals surface area (Å²) in [6, 6.07) is 8.64. The van der Waals surface area contributed by atoms with Gasteiger partial charge in [0.2, 0.25) is 4.52 Å². The average molecular weight is 217 g/mol. The van der Waals surface area contributed by atoms with E-state index in [1.54, 1.807) is 24.3 Å². The van der Waals surface area contributed by atoms with Crippen molar-refractivity contribution in [2.24, 2.45) is 0 Å². The van der Waals surface area contributed by atoms with Gasteiger partial charge in [0, 0.05) is 5.56 Å². The fourth-order valence-corrected chi connectivity index (χ4v) is 0.891. The van der Waals surface area contributed by atoms with Crippen molar-refractivity contribution in [2.45, 2.75) is 4.52 Å². The van der Waals surface area contributed by atoms with E-state index in [9.17, 15) is 0 Å². The maximum absolute atomic E-state index is 9.02. The van der Waals surface area contributed by atoms with Crippen LogP contribution in [0.2, 0.25) is 0 Å². The van der Waals surface area contributed by atoms with Crippen LogP contribution in [0.1, 0.15) is 5.56 Å². The average Bonchev–Trinajstić information content (AvgIpc) is 1.88. The van der Waals surface area contributed by atoms with E-state index in [0.29, 0.717) is 5.56 Å². The fraction of sp³-hybridized carbons (Fsp3) is 0.143. The summed E-state index contributed by atoms with van der Waals surface area (Å²) in [5.41, 5.74) is 0.485. The van der Waals surface area contributed by atoms with E-state index in [1.165, 1.54) is 0 Å². The van der Waals surface area contributed by atoms with Crippen LogP contribution in [0.25, 0.3) is 0 Å². The Balaban J connectivity index is 0.000001000. The van der Waals surface area contributed by atoms with Crippen LogP contribution in [0.5, 0.6) is 0 Å². The molecule has 1 aromatic carbocycles. The predicted molar refractivity (Wildman–Crippen MR) is 49.2 cm³/mol. The third kappa shape index (κ3) is 4.24. The summed E-state index contributed by atoms with van der Waals surface area (Å²) in [6.07, 6.45) is 0. The molecule has 0 atom stereocenters. The summed E-state index contributed by atoms with van der Waals surface area (Å²) in [5, 5.41) is 9.02. The van der Waals surface area contributed by atoms with Crippen molar-refractivity contribution in [1.82, 2.24) is 0 Å². The van der Waals surface area contributed by atoms with Gasteiger partial charge >= 0.3 is 51.4 Å². The molecule has 0 saturated heterocycles. The van der Waals surface area contributed by atoms with Gasteiger partial charge in [-0.3, -0.25) is 0 Å². The zero-order valence-corrected chi connectivity index (χ0v) is 6.60. The second-order valence-electron chi connectivity index (χ2n) is 1.91. The molecule has 1 nitrogen and oxygen atoms in total. The van der Waals surface area contributed by atoms with Gasteiger partial charge in [0.1, 0.15) is 0 Å². The first kappa shape index (κ1) is 12.4. The van der Waals surface area contributed by atoms with Crippen molar-refractivity contribution in [1.29, 1.82) is 0 Å². The molecule has 0 aliphatic carbocycles. The second-order valence-corrected chi connectivity index (χ2v) is 3.19. The van der Waals surface area contributed by atoms with Gasteiger partial charge in [0.05, 0.1) is 0 Å². The fourth-order valence-electron chi connectivity index (χ4n) is 0.639. The Morgan fingerprint density at radius 1 is 1.09 bits per heavy atom. The Hall–Kier alpha value is 1.40. The molecule has 0 amide bonds. The molecule has 1 N–H and O–H groups in total. The molecule has 0 aromatic heterocycles. The predicted octanol–water partition coefficient (Wildman–Crippen LogP) is 1.62. The van der Waals surface area contributed by atoms with Gasteiger partial charge in [-0.1, -0.05) is 53.5 Å². The van der Waals surface area contributed by atoms with E-state index in [-0.39, 0.29) is 51.4 Å². The van der Waals surface area contributed by atoms with Gasteiger partial charge in [-0.2, -0.15) is 0 Å². The van der Waals surface area contributed by atoms with E-state index in [2.05, 4.69) is 0 Å². The van der Waals surface area contributed by atoms with E-state index in [1.807, 2.05) is 6.07 Å². The molecule has 56 valence electrons. The Labute approximate surface area is 118 Å². The third-order valence-corrected chi connectivity index (χ3v) is 1.56. The van der Waals surface area contributed by atoms with Crippen LogP contribution in [-0.2, 0) is 4.52 Å². The molecule has 0 fully saturated rings. The van der Waals surface area contributed by atoms with Gasteiger partial charge in [0.15, 0.2) is 0 Å². The summed E-state index contributed by atoms with van der Waals surface area (Å²) >= 11 is 10.8. The SMILES string of the molecule is OC(Cl)(Cl)c1ccccc1.[KH]. The van der Waals surface area contributed by atoms with Crippen molar-refractivity contribution in [3.8, 4) is 0 Å². The van der Waals surface area contributed by atoms with Crippen LogP contribution >= 0.6 is 23.2 Å². The Morgan fingerprint density at radius 2 is 1.55 bits per heavy atom. The van der Waals surface area contributed by atoms with Gasteiger partial charge < -0.3 is 5.11 Å². The number of hydrogen-bond donors (Lipinski definition) is 1. The first-order chi connectivity index (χ1) is 4.61. The number of rotatable bonds is 1. The monoisotopic (exact) mass is 216 g/mol. The standard InChI is InChI=1S/C7H6Cl2O.K.H/c8-7(9,10)6-4-2-1-3-5-6;;/h1-5,10H;;. The van der Waals surface area contributed by atoms with Crippen LogP contribution in [0.3, 0.4) is 0 Å². The van der Waals surface area contributed by atoms with Crippen molar-refractivity contribution in [3.63, 3.8) is 0 Å². The van der Waals surface area contributed by atoms with Gasteiger partial charge in [-0.15, -0.1) is 0 Å². The molecule has 0 heterocycles. The summed E-state index contributed by atoms with van der Waals surface area (Å²) < 4.78 is -1.76. The van der Waals surface area contributed by atoms with Crippen molar-refractivity contribution in [3.05, 3.63) is 35.9 Å². The third-order valence-electron chi connectivity index (χ3n) is 1.12. The number of alkyl halides is 2. The van der Waals surface area contributed by atoms with Gasteiger partial charge in [0.25, 0.3) is 0 Å². The normalized spacial score (nSPS) is 10.5. The van der Waals surface area contributed by atoms with Crippen LogP contribution < -0.4 is 0 Å². The molecule has 0 bridgehead atoms. The van der Waals surface area contributed by atoms with Crippen molar-refractivity contribution >= 4 is 74.6 Å². The first-order valence-corrected chi connectivity index (χ1v) is 3.52. The first-order valence-electron chi connectivity index (χ1n) is 2.76. The van der Waals surface area contributed by atoms with Crippen LogP contribution in [-0.4, -0.2) is 56.5 Å².